The lowest BCUT2D eigenvalue weighted by atomic mass is 10.0. The summed E-state index contributed by atoms with van der Waals surface area (Å²) in [5.41, 5.74) is 6.84. The molecule has 1 unspecified atom stereocenters. The van der Waals surface area contributed by atoms with Crippen LogP contribution in [0.5, 0.6) is 0 Å². The minimum absolute atomic E-state index is 0.0493. The fourth-order valence-electron chi connectivity index (χ4n) is 2.25. The number of aryl methyl sites for hydroxylation is 1. The van der Waals surface area contributed by atoms with Gasteiger partial charge in [0.15, 0.2) is 0 Å². The van der Waals surface area contributed by atoms with Crippen LogP contribution in [0, 0.1) is 18.6 Å². The summed E-state index contributed by atoms with van der Waals surface area (Å²) in [6, 6.07) is 8.19. The van der Waals surface area contributed by atoms with Crippen molar-refractivity contribution >= 4 is 22.6 Å². The highest BCUT2D eigenvalue weighted by Gasteiger charge is 2.20. The molecule has 1 atom stereocenters. The van der Waals surface area contributed by atoms with Gasteiger partial charge in [-0.25, -0.2) is 8.78 Å². The van der Waals surface area contributed by atoms with Gasteiger partial charge < -0.3 is 10.2 Å². The average Bonchev–Trinajstić information content (AvgIpc) is 2.87. The SMILES string of the molecule is Cc1cc(F)c(C(N)c2cc3c(Cl)cccc3o2)cc1F. The maximum Gasteiger partial charge on any atom is 0.135 e. The third-order valence-corrected chi connectivity index (χ3v) is 3.78. The first-order chi connectivity index (χ1) is 9.97. The lowest BCUT2D eigenvalue weighted by Crippen LogP contribution is -2.13. The molecule has 2 nitrogen and oxygen atoms in total. The number of benzene rings is 2. The molecule has 5 heteroatoms. The maximum absolute atomic E-state index is 14.0. The fourth-order valence-corrected chi connectivity index (χ4v) is 2.47. The van der Waals surface area contributed by atoms with Crippen molar-refractivity contribution in [2.24, 2.45) is 5.73 Å². The number of hydrogen-bond donors (Lipinski definition) is 1. The van der Waals surface area contributed by atoms with Crippen LogP contribution in [0.4, 0.5) is 8.78 Å². The molecule has 0 fully saturated rings. The largest absolute Gasteiger partial charge is 0.459 e. The van der Waals surface area contributed by atoms with Crippen molar-refractivity contribution in [2.75, 3.05) is 0 Å². The van der Waals surface area contributed by atoms with E-state index in [0.29, 0.717) is 21.8 Å². The van der Waals surface area contributed by atoms with Gasteiger partial charge in [-0.1, -0.05) is 17.7 Å². The minimum atomic E-state index is -0.899. The zero-order valence-corrected chi connectivity index (χ0v) is 11.9. The Morgan fingerprint density at radius 1 is 1.14 bits per heavy atom. The highest BCUT2D eigenvalue weighted by atomic mass is 35.5. The Kier molecular flexibility index (Phi) is 3.43. The lowest BCUT2D eigenvalue weighted by molar-refractivity contribution is 0.505. The topological polar surface area (TPSA) is 39.2 Å². The van der Waals surface area contributed by atoms with Crippen molar-refractivity contribution in [1.82, 2.24) is 0 Å². The average molecular weight is 308 g/mol. The van der Waals surface area contributed by atoms with Crippen LogP contribution >= 0.6 is 11.6 Å². The smallest absolute Gasteiger partial charge is 0.135 e. The molecule has 1 heterocycles. The molecule has 3 rings (SSSR count). The van der Waals surface area contributed by atoms with Crippen LogP contribution in [0.25, 0.3) is 11.0 Å². The van der Waals surface area contributed by atoms with Crippen molar-refractivity contribution in [2.45, 2.75) is 13.0 Å². The second-order valence-electron chi connectivity index (χ2n) is 4.90. The molecule has 1 aromatic heterocycles. The van der Waals surface area contributed by atoms with Gasteiger partial charge in [0, 0.05) is 10.9 Å². The summed E-state index contributed by atoms with van der Waals surface area (Å²) in [5, 5.41) is 1.21. The molecule has 108 valence electrons. The Hall–Kier alpha value is -1.91. The monoisotopic (exact) mass is 307 g/mol. The number of furan rings is 1. The Balaban J connectivity index is 2.10. The van der Waals surface area contributed by atoms with Gasteiger partial charge in [-0.3, -0.25) is 0 Å². The standard InChI is InChI=1S/C16H12ClF2NO/c1-8-5-13(19)10(6-12(8)18)16(20)15-7-9-11(17)3-2-4-14(9)21-15/h2-7,16H,20H2,1H3. The van der Waals surface area contributed by atoms with Gasteiger partial charge in [-0.2, -0.15) is 0 Å². The minimum Gasteiger partial charge on any atom is -0.459 e. The predicted octanol–water partition coefficient (Wildman–Crippen LogP) is 4.72. The zero-order chi connectivity index (χ0) is 15.1. The van der Waals surface area contributed by atoms with Gasteiger partial charge in [0.1, 0.15) is 23.0 Å². The molecule has 0 radical (unpaired) electrons. The Bertz CT molecular complexity index is 829. The first kappa shape index (κ1) is 14.0. The highest BCUT2D eigenvalue weighted by Crippen LogP contribution is 2.32. The molecule has 0 bridgehead atoms. The molecule has 0 amide bonds. The summed E-state index contributed by atoms with van der Waals surface area (Å²) < 4.78 is 33.2. The number of halogens is 3. The van der Waals surface area contributed by atoms with E-state index in [1.54, 1.807) is 24.3 Å². The van der Waals surface area contributed by atoms with Crippen molar-refractivity contribution in [3.05, 3.63) is 69.9 Å². The van der Waals surface area contributed by atoms with Gasteiger partial charge in [0.05, 0.1) is 11.1 Å². The molecule has 21 heavy (non-hydrogen) atoms. The first-order valence-electron chi connectivity index (χ1n) is 6.36. The molecular formula is C16H12ClF2NO. The normalized spacial score (nSPS) is 12.8. The van der Waals surface area contributed by atoms with Crippen LogP contribution in [-0.4, -0.2) is 0 Å². The van der Waals surface area contributed by atoms with Crippen molar-refractivity contribution in [1.29, 1.82) is 0 Å². The highest BCUT2D eigenvalue weighted by molar-refractivity contribution is 6.35. The van der Waals surface area contributed by atoms with Gasteiger partial charge in [-0.05, 0) is 42.8 Å². The van der Waals surface area contributed by atoms with E-state index in [4.69, 9.17) is 21.8 Å². The van der Waals surface area contributed by atoms with Crippen LogP contribution in [0.2, 0.25) is 5.02 Å². The molecule has 0 saturated heterocycles. The van der Waals surface area contributed by atoms with Crippen LogP contribution in [0.15, 0.2) is 40.8 Å². The van der Waals surface area contributed by atoms with E-state index in [1.807, 2.05) is 0 Å². The summed E-state index contributed by atoms with van der Waals surface area (Å²) in [5.74, 6) is -0.732. The molecule has 3 aromatic rings. The van der Waals surface area contributed by atoms with Gasteiger partial charge in [-0.15, -0.1) is 0 Å². The van der Waals surface area contributed by atoms with E-state index in [9.17, 15) is 8.78 Å². The van der Waals surface area contributed by atoms with Crippen molar-refractivity contribution in [3.63, 3.8) is 0 Å². The van der Waals surface area contributed by atoms with Gasteiger partial charge in [0.25, 0.3) is 0 Å². The molecule has 0 aliphatic carbocycles. The first-order valence-corrected chi connectivity index (χ1v) is 6.74. The van der Waals surface area contributed by atoms with Crippen LogP contribution in [-0.2, 0) is 0 Å². The molecule has 0 saturated carbocycles. The summed E-state index contributed by atoms with van der Waals surface area (Å²) >= 11 is 6.06. The van der Waals surface area contributed by atoms with E-state index >= 15 is 0 Å². The third-order valence-electron chi connectivity index (χ3n) is 3.45. The van der Waals surface area contributed by atoms with Crippen LogP contribution in [0.1, 0.15) is 22.9 Å². The third kappa shape index (κ3) is 2.41. The summed E-state index contributed by atoms with van der Waals surface area (Å²) in [7, 11) is 0. The van der Waals surface area contributed by atoms with Crippen molar-refractivity contribution in [3.8, 4) is 0 Å². The van der Waals surface area contributed by atoms with Crippen LogP contribution < -0.4 is 5.73 Å². The van der Waals surface area contributed by atoms with E-state index in [-0.39, 0.29) is 11.1 Å². The number of fused-ring (bicyclic) bond motifs is 1. The lowest BCUT2D eigenvalue weighted by Gasteiger charge is -2.11. The summed E-state index contributed by atoms with van der Waals surface area (Å²) in [4.78, 5) is 0. The van der Waals surface area contributed by atoms with E-state index in [0.717, 1.165) is 12.1 Å². The molecule has 0 aliphatic heterocycles. The fraction of sp³-hybridized carbons (Fsp3) is 0.125. The maximum atomic E-state index is 14.0. The quantitative estimate of drug-likeness (QED) is 0.744. The Morgan fingerprint density at radius 2 is 1.90 bits per heavy atom. The van der Waals surface area contributed by atoms with Gasteiger partial charge >= 0.3 is 0 Å². The van der Waals surface area contributed by atoms with Gasteiger partial charge in [0.2, 0.25) is 0 Å². The molecule has 2 aromatic carbocycles. The van der Waals surface area contributed by atoms with Crippen LogP contribution in [0.3, 0.4) is 0 Å². The summed E-state index contributed by atoms with van der Waals surface area (Å²) in [6.07, 6.45) is 0. The molecule has 0 spiro atoms. The van der Waals surface area contributed by atoms with E-state index < -0.39 is 17.7 Å². The number of rotatable bonds is 2. The number of nitrogens with two attached hydrogens (primary N) is 1. The van der Waals surface area contributed by atoms with E-state index in [1.165, 1.54) is 6.92 Å². The van der Waals surface area contributed by atoms with E-state index in [2.05, 4.69) is 0 Å². The number of hydrogen-bond acceptors (Lipinski definition) is 2. The molecule has 0 aliphatic rings. The molecule has 2 N–H and O–H groups in total. The van der Waals surface area contributed by atoms with Crippen molar-refractivity contribution < 1.29 is 13.2 Å². The Morgan fingerprint density at radius 3 is 2.62 bits per heavy atom. The second kappa shape index (κ2) is 5.13. The molecular weight excluding hydrogens is 296 g/mol. The zero-order valence-electron chi connectivity index (χ0n) is 11.2. The Labute approximate surface area is 125 Å². The summed E-state index contributed by atoms with van der Waals surface area (Å²) in [6.45, 7) is 1.49. The second-order valence-corrected chi connectivity index (χ2v) is 5.31. The predicted molar refractivity (Wildman–Crippen MR) is 78.3 cm³/mol.